The average molecular weight is 300 g/mol. The van der Waals surface area contributed by atoms with Crippen molar-refractivity contribution in [3.63, 3.8) is 0 Å². The van der Waals surface area contributed by atoms with E-state index in [1.54, 1.807) is 24.5 Å². The van der Waals surface area contributed by atoms with Crippen molar-refractivity contribution in [1.29, 1.82) is 0 Å². The molecule has 1 fully saturated rings. The van der Waals surface area contributed by atoms with Gasteiger partial charge in [-0.15, -0.1) is 0 Å². The topological polar surface area (TPSA) is 68.9 Å². The molecule has 1 saturated carbocycles. The summed E-state index contributed by atoms with van der Waals surface area (Å²) in [5.41, 5.74) is 2.13. The van der Waals surface area contributed by atoms with Crippen molar-refractivity contribution in [3.8, 4) is 16.9 Å². The lowest BCUT2D eigenvalue weighted by Crippen LogP contribution is -2.23. The molecular weight excluding hydrogens is 276 g/mol. The van der Waals surface area contributed by atoms with Crippen LogP contribution in [0.2, 0.25) is 0 Å². The third-order valence-electron chi connectivity index (χ3n) is 4.92. The van der Waals surface area contributed by atoms with E-state index in [2.05, 4.69) is 23.8 Å². The second-order valence-corrected chi connectivity index (χ2v) is 7.30. The van der Waals surface area contributed by atoms with Gasteiger partial charge in [0.1, 0.15) is 5.75 Å². The Morgan fingerprint density at radius 3 is 2.64 bits per heavy atom. The number of hydrogen-bond acceptors (Lipinski definition) is 2. The van der Waals surface area contributed by atoms with Crippen LogP contribution in [0.25, 0.3) is 11.1 Å². The van der Waals surface area contributed by atoms with Gasteiger partial charge in [-0.05, 0) is 49.5 Å². The van der Waals surface area contributed by atoms with Crippen LogP contribution in [-0.4, -0.2) is 15.1 Å². The van der Waals surface area contributed by atoms with Crippen molar-refractivity contribution in [1.82, 2.24) is 9.97 Å². The Kier molecular flexibility index (Phi) is 3.85. The van der Waals surface area contributed by atoms with Crippen LogP contribution in [-0.2, 0) is 6.42 Å². The lowest BCUT2D eigenvalue weighted by atomic mass is 9.72. The summed E-state index contributed by atoms with van der Waals surface area (Å²) in [7, 11) is 0. The van der Waals surface area contributed by atoms with Gasteiger partial charge < -0.3 is 15.1 Å². The monoisotopic (exact) mass is 300 g/mol. The Morgan fingerprint density at radius 1 is 1.32 bits per heavy atom. The normalized spacial score (nSPS) is 18.5. The summed E-state index contributed by atoms with van der Waals surface area (Å²) in [5, 5.41) is 10.2. The lowest BCUT2D eigenvalue weighted by molar-refractivity contribution is 0.190. The van der Waals surface area contributed by atoms with E-state index < -0.39 is 0 Å². The zero-order valence-electron chi connectivity index (χ0n) is 13.3. The highest BCUT2D eigenvalue weighted by Gasteiger charge is 2.27. The molecule has 4 heteroatoms. The fourth-order valence-electron chi connectivity index (χ4n) is 3.44. The summed E-state index contributed by atoms with van der Waals surface area (Å²) in [6.45, 7) is 4.64. The van der Waals surface area contributed by atoms with E-state index in [-0.39, 0.29) is 11.3 Å². The van der Waals surface area contributed by atoms with Crippen molar-refractivity contribution in [3.05, 3.63) is 40.6 Å². The van der Waals surface area contributed by atoms with Gasteiger partial charge in [-0.25, -0.2) is 0 Å². The van der Waals surface area contributed by atoms with E-state index in [4.69, 9.17) is 0 Å². The number of aromatic amines is 2. The maximum atomic E-state index is 12.3. The highest BCUT2D eigenvalue weighted by Crippen LogP contribution is 2.39. The molecule has 1 aliphatic rings. The molecule has 0 spiro atoms. The molecule has 0 amide bonds. The molecule has 22 heavy (non-hydrogen) atoms. The molecule has 0 saturated heterocycles. The zero-order chi connectivity index (χ0) is 15.7. The number of aromatic nitrogens is 2. The first-order valence-electron chi connectivity index (χ1n) is 8.03. The van der Waals surface area contributed by atoms with Gasteiger partial charge in [0, 0.05) is 29.7 Å². The number of pyridine rings is 1. The molecule has 2 aromatic rings. The summed E-state index contributed by atoms with van der Waals surface area (Å²) in [6.07, 6.45) is 9.14. The first-order chi connectivity index (χ1) is 10.4. The molecular formula is C18H24N2O2. The Balaban J connectivity index is 1.78. The number of nitrogens with one attached hydrogen (secondary N) is 2. The second kappa shape index (κ2) is 5.67. The Bertz CT molecular complexity index is 688. The third kappa shape index (κ3) is 3.11. The van der Waals surface area contributed by atoms with Gasteiger partial charge in [0.25, 0.3) is 5.56 Å². The zero-order valence-corrected chi connectivity index (χ0v) is 13.3. The van der Waals surface area contributed by atoms with E-state index >= 15 is 0 Å². The SMILES string of the molecule is CC1(C)CCC(Cc2cc(O)c(-c3cc[nH]c3)c(=O)[nH]2)CC1. The molecule has 0 aliphatic heterocycles. The number of rotatable bonds is 3. The van der Waals surface area contributed by atoms with Crippen molar-refractivity contribution in [2.24, 2.45) is 11.3 Å². The van der Waals surface area contributed by atoms with Gasteiger partial charge in [0.15, 0.2) is 0 Å². The Morgan fingerprint density at radius 2 is 2.05 bits per heavy atom. The van der Waals surface area contributed by atoms with Crippen molar-refractivity contribution < 1.29 is 5.11 Å². The van der Waals surface area contributed by atoms with Crippen LogP contribution in [0.4, 0.5) is 0 Å². The lowest BCUT2D eigenvalue weighted by Gasteiger charge is -2.34. The van der Waals surface area contributed by atoms with Gasteiger partial charge in [-0.2, -0.15) is 0 Å². The average Bonchev–Trinajstić information content (AvgIpc) is 2.94. The maximum Gasteiger partial charge on any atom is 0.259 e. The summed E-state index contributed by atoms with van der Waals surface area (Å²) >= 11 is 0. The van der Waals surface area contributed by atoms with E-state index in [0.717, 1.165) is 12.1 Å². The molecule has 0 aromatic carbocycles. The molecule has 2 aromatic heterocycles. The van der Waals surface area contributed by atoms with Crippen LogP contribution in [0, 0.1) is 11.3 Å². The molecule has 0 radical (unpaired) electrons. The molecule has 3 rings (SSSR count). The number of hydrogen-bond donors (Lipinski definition) is 3. The van der Waals surface area contributed by atoms with Gasteiger partial charge >= 0.3 is 0 Å². The third-order valence-corrected chi connectivity index (χ3v) is 4.92. The molecule has 0 bridgehead atoms. The summed E-state index contributed by atoms with van der Waals surface area (Å²) < 4.78 is 0. The molecule has 4 nitrogen and oxygen atoms in total. The molecule has 1 aliphatic carbocycles. The first kappa shape index (κ1) is 14.9. The highest BCUT2D eigenvalue weighted by atomic mass is 16.3. The molecule has 3 N–H and O–H groups in total. The fourth-order valence-corrected chi connectivity index (χ4v) is 3.44. The first-order valence-corrected chi connectivity index (χ1v) is 8.03. The van der Waals surface area contributed by atoms with Crippen LogP contribution >= 0.6 is 0 Å². The summed E-state index contributed by atoms with van der Waals surface area (Å²) in [4.78, 5) is 18.1. The Labute approximate surface area is 130 Å². The maximum absolute atomic E-state index is 12.3. The van der Waals surface area contributed by atoms with E-state index in [1.807, 2.05) is 0 Å². The quantitative estimate of drug-likeness (QED) is 0.806. The van der Waals surface area contributed by atoms with Gasteiger partial charge in [0.2, 0.25) is 0 Å². The minimum Gasteiger partial charge on any atom is -0.507 e. The van der Waals surface area contributed by atoms with Crippen LogP contribution in [0.15, 0.2) is 29.3 Å². The highest BCUT2D eigenvalue weighted by molar-refractivity contribution is 5.68. The van der Waals surface area contributed by atoms with Crippen molar-refractivity contribution in [2.75, 3.05) is 0 Å². The van der Waals surface area contributed by atoms with Crippen LogP contribution in [0.5, 0.6) is 5.75 Å². The number of aromatic hydroxyl groups is 1. The molecule has 2 heterocycles. The standard InChI is InChI=1S/C18H24N2O2/c1-18(2)6-3-12(4-7-18)9-14-10-15(21)16(17(22)20-14)13-5-8-19-11-13/h5,8,10-12,19H,3-4,6-7,9H2,1-2H3,(H2,20,21,22). The van der Waals surface area contributed by atoms with Gasteiger partial charge in [-0.3, -0.25) is 4.79 Å². The van der Waals surface area contributed by atoms with Gasteiger partial charge in [-0.1, -0.05) is 13.8 Å². The number of H-pyrrole nitrogens is 2. The summed E-state index contributed by atoms with van der Waals surface area (Å²) in [5.74, 6) is 0.663. The predicted molar refractivity (Wildman–Crippen MR) is 88.0 cm³/mol. The minimum absolute atomic E-state index is 0.0643. The van der Waals surface area contributed by atoms with Crippen molar-refractivity contribution in [2.45, 2.75) is 46.0 Å². The smallest absolute Gasteiger partial charge is 0.259 e. The van der Waals surface area contributed by atoms with Crippen LogP contribution in [0.1, 0.15) is 45.2 Å². The summed E-state index contributed by atoms with van der Waals surface area (Å²) in [6, 6.07) is 3.50. The molecule has 0 unspecified atom stereocenters. The molecule has 118 valence electrons. The van der Waals surface area contributed by atoms with E-state index in [0.29, 0.717) is 22.5 Å². The van der Waals surface area contributed by atoms with Gasteiger partial charge in [0.05, 0.1) is 5.56 Å². The second-order valence-electron chi connectivity index (χ2n) is 7.30. The Hall–Kier alpha value is -1.97. The van der Waals surface area contributed by atoms with E-state index in [9.17, 15) is 9.90 Å². The van der Waals surface area contributed by atoms with Crippen LogP contribution < -0.4 is 5.56 Å². The minimum atomic E-state index is -0.217. The molecule has 0 atom stereocenters. The largest absolute Gasteiger partial charge is 0.507 e. The predicted octanol–water partition coefficient (Wildman–Crippen LogP) is 3.83. The fraction of sp³-hybridized carbons (Fsp3) is 0.500. The van der Waals surface area contributed by atoms with Crippen LogP contribution in [0.3, 0.4) is 0 Å². The van der Waals surface area contributed by atoms with E-state index in [1.165, 1.54) is 25.7 Å². The van der Waals surface area contributed by atoms with Crippen molar-refractivity contribution >= 4 is 0 Å².